The molecule has 0 saturated carbocycles. The minimum absolute atomic E-state index is 0.730. The molecule has 5 rings (SSSR count). The first kappa shape index (κ1) is 21.4. The van der Waals surface area contributed by atoms with E-state index in [9.17, 15) is 0 Å². The van der Waals surface area contributed by atoms with Crippen molar-refractivity contribution in [3.8, 4) is 17.1 Å². The van der Waals surface area contributed by atoms with Crippen LogP contribution in [0.2, 0.25) is 0 Å². The van der Waals surface area contributed by atoms with E-state index in [1.807, 2.05) is 18.2 Å². The molecular weight excluding hydrogens is 408 g/mol. The van der Waals surface area contributed by atoms with Crippen molar-refractivity contribution in [2.75, 3.05) is 37.7 Å². The number of benzene rings is 3. The Labute approximate surface area is 195 Å². The van der Waals surface area contributed by atoms with E-state index >= 15 is 0 Å². The standard InChI is InChI=1S/C28H30N4O/c1-2-20-33-24-14-12-23(13-15-24)27-29-26-11-7-6-10-25(26)28(30-27)32-18-16-31(17-19-32)21-22-8-4-3-5-9-22/h3-15H,2,16-21H2,1H3/p+1. The first-order valence-electron chi connectivity index (χ1n) is 11.9. The Balaban J connectivity index is 1.38. The molecule has 3 aromatic carbocycles. The highest BCUT2D eigenvalue weighted by Gasteiger charge is 2.23. The number of aromatic nitrogens is 2. The fraction of sp³-hybridized carbons (Fsp3) is 0.286. The molecule has 4 aromatic rings. The number of hydrogen-bond donors (Lipinski definition) is 1. The number of quaternary nitrogens is 1. The van der Waals surface area contributed by atoms with Crippen LogP contribution in [0.4, 0.5) is 5.82 Å². The van der Waals surface area contributed by atoms with Gasteiger partial charge in [-0.15, -0.1) is 0 Å². The number of nitrogens with zero attached hydrogens (tertiary/aromatic N) is 3. The summed E-state index contributed by atoms with van der Waals surface area (Å²) in [6.45, 7) is 8.11. The van der Waals surface area contributed by atoms with Crippen LogP contribution >= 0.6 is 0 Å². The van der Waals surface area contributed by atoms with Crippen molar-refractivity contribution >= 4 is 16.7 Å². The average molecular weight is 440 g/mol. The molecule has 1 aromatic heterocycles. The lowest BCUT2D eigenvalue weighted by Gasteiger charge is -2.33. The number of piperazine rings is 1. The van der Waals surface area contributed by atoms with Gasteiger partial charge in [-0.3, -0.25) is 0 Å². The molecule has 168 valence electrons. The summed E-state index contributed by atoms with van der Waals surface area (Å²) >= 11 is 0. The van der Waals surface area contributed by atoms with Crippen LogP contribution < -0.4 is 14.5 Å². The lowest BCUT2D eigenvalue weighted by Crippen LogP contribution is -3.13. The topological polar surface area (TPSA) is 42.7 Å². The molecule has 1 aliphatic heterocycles. The van der Waals surface area contributed by atoms with E-state index in [1.165, 1.54) is 5.56 Å². The number of hydrogen-bond acceptors (Lipinski definition) is 4. The number of rotatable bonds is 7. The first-order valence-corrected chi connectivity index (χ1v) is 11.9. The molecule has 0 amide bonds. The molecule has 5 nitrogen and oxygen atoms in total. The Bertz CT molecular complexity index is 1190. The second kappa shape index (κ2) is 10.0. The maximum atomic E-state index is 5.74. The molecule has 0 radical (unpaired) electrons. The molecule has 0 unspecified atom stereocenters. The quantitative estimate of drug-likeness (QED) is 0.473. The van der Waals surface area contributed by atoms with Gasteiger partial charge in [-0.05, 0) is 42.8 Å². The minimum Gasteiger partial charge on any atom is -0.494 e. The Morgan fingerprint density at radius 3 is 2.33 bits per heavy atom. The second-order valence-electron chi connectivity index (χ2n) is 8.66. The van der Waals surface area contributed by atoms with Crippen LogP contribution in [0.3, 0.4) is 0 Å². The summed E-state index contributed by atoms with van der Waals surface area (Å²) in [6, 6.07) is 27.3. The van der Waals surface area contributed by atoms with E-state index in [4.69, 9.17) is 14.7 Å². The highest BCUT2D eigenvalue weighted by molar-refractivity contribution is 5.91. The number of para-hydroxylation sites is 1. The third kappa shape index (κ3) is 4.99. The fourth-order valence-corrected chi connectivity index (χ4v) is 4.45. The summed E-state index contributed by atoms with van der Waals surface area (Å²) in [4.78, 5) is 14.0. The maximum absolute atomic E-state index is 5.74. The largest absolute Gasteiger partial charge is 0.494 e. The lowest BCUT2D eigenvalue weighted by atomic mass is 10.1. The summed E-state index contributed by atoms with van der Waals surface area (Å²) in [5.41, 5.74) is 3.41. The molecule has 1 fully saturated rings. The van der Waals surface area contributed by atoms with Crippen LogP contribution in [0.25, 0.3) is 22.3 Å². The van der Waals surface area contributed by atoms with E-state index in [0.717, 1.165) is 79.6 Å². The van der Waals surface area contributed by atoms with Gasteiger partial charge in [-0.25, -0.2) is 9.97 Å². The monoisotopic (exact) mass is 439 g/mol. The van der Waals surface area contributed by atoms with Gasteiger partial charge in [0.2, 0.25) is 0 Å². The summed E-state index contributed by atoms with van der Waals surface area (Å²) in [5, 5.41) is 1.12. The Hall–Kier alpha value is -3.44. The van der Waals surface area contributed by atoms with Crippen molar-refractivity contribution in [1.29, 1.82) is 0 Å². The second-order valence-corrected chi connectivity index (χ2v) is 8.66. The van der Waals surface area contributed by atoms with E-state index in [-0.39, 0.29) is 0 Å². The molecule has 1 saturated heterocycles. The molecule has 33 heavy (non-hydrogen) atoms. The zero-order chi connectivity index (χ0) is 22.5. The van der Waals surface area contributed by atoms with Crippen LogP contribution in [0, 0.1) is 0 Å². The number of ether oxygens (including phenoxy) is 1. The highest BCUT2D eigenvalue weighted by atomic mass is 16.5. The molecule has 5 heteroatoms. The van der Waals surface area contributed by atoms with E-state index in [2.05, 4.69) is 72.5 Å². The predicted molar refractivity (Wildman–Crippen MR) is 134 cm³/mol. The summed E-state index contributed by atoms with van der Waals surface area (Å²) < 4.78 is 5.74. The average Bonchev–Trinajstić information content (AvgIpc) is 2.88. The van der Waals surface area contributed by atoms with Gasteiger partial charge >= 0.3 is 0 Å². The summed E-state index contributed by atoms with van der Waals surface area (Å²) in [6.07, 6.45) is 0.999. The van der Waals surface area contributed by atoms with Crippen molar-refractivity contribution in [3.63, 3.8) is 0 Å². The lowest BCUT2D eigenvalue weighted by molar-refractivity contribution is -0.914. The molecule has 0 aliphatic carbocycles. The van der Waals surface area contributed by atoms with Gasteiger partial charge in [-0.2, -0.15) is 0 Å². The van der Waals surface area contributed by atoms with Gasteiger partial charge in [0.25, 0.3) is 0 Å². The van der Waals surface area contributed by atoms with Crippen LogP contribution in [0.15, 0.2) is 78.9 Å². The fourth-order valence-electron chi connectivity index (χ4n) is 4.45. The van der Waals surface area contributed by atoms with Crippen molar-refractivity contribution < 1.29 is 9.64 Å². The van der Waals surface area contributed by atoms with Crippen LogP contribution in [-0.2, 0) is 6.54 Å². The maximum Gasteiger partial charge on any atom is 0.162 e. The molecule has 0 bridgehead atoms. The first-order chi connectivity index (χ1) is 16.3. The van der Waals surface area contributed by atoms with Crippen molar-refractivity contribution in [1.82, 2.24) is 9.97 Å². The number of anilines is 1. The third-order valence-corrected chi connectivity index (χ3v) is 6.24. The molecule has 1 N–H and O–H groups in total. The molecule has 1 aliphatic rings. The minimum atomic E-state index is 0.730. The van der Waals surface area contributed by atoms with E-state index in [0.29, 0.717) is 0 Å². The zero-order valence-corrected chi connectivity index (χ0v) is 19.2. The van der Waals surface area contributed by atoms with Gasteiger partial charge in [0.05, 0.1) is 38.3 Å². The van der Waals surface area contributed by atoms with E-state index < -0.39 is 0 Å². The van der Waals surface area contributed by atoms with Crippen molar-refractivity contribution in [2.24, 2.45) is 0 Å². The predicted octanol–water partition coefficient (Wildman–Crippen LogP) is 3.99. The molecule has 0 atom stereocenters. The highest BCUT2D eigenvalue weighted by Crippen LogP contribution is 2.28. The Kier molecular flexibility index (Phi) is 6.49. The molecule has 2 heterocycles. The van der Waals surface area contributed by atoms with Gasteiger partial charge in [0.15, 0.2) is 5.82 Å². The molecule has 0 spiro atoms. The Morgan fingerprint density at radius 1 is 0.848 bits per heavy atom. The summed E-state index contributed by atoms with van der Waals surface area (Å²) in [5.74, 6) is 2.70. The van der Waals surface area contributed by atoms with Gasteiger partial charge in [-0.1, -0.05) is 49.4 Å². The number of nitrogens with one attached hydrogen (secondary N) is 1. The van der Waals surface area contributed by atoms with Crippen molar-refractivity contribution in [2.45, 2.75) is 19.9 Å². The van der Waals surface area contributed by atoms with Gasteiger partial charge in [0, 0.05) is 16.5 Å². The van der Waals surface area contributed by atoms with Gasteiger partial charge in [0.1, 0.15) is 18.1 Å². The third-order valence-electron chi connectivity index (χ3n) is 6.24. The molecular formula is C28H31N4O+. The Morgan fingerprint density at radius 2 is 1.58 bits per heavy atom. The number of fused-ring (bicyclic) bond motifs is 1. The van der Waals surface area contributed by atoms with Crippen LogP contribution in [0.1, 0.15) is 18.9 Å². The van der Waals surface area contributed by atoms with E-state index in [1.54, 1.807) is 4.90 Å². The SMILES string of the molecule is CCCOc1ccc(-c2nc(N3CC[NH+](Cc4ccccc4)CC3)c3ccccc3n2)cc1. The smallest absolute Gasteiger partial charge is 0.162 e. The zero-order valence-electron chi connectivity index (χ0n) is 19.2. The van der Waals surface area contributed by atoms with Crippen LogP contribution in [0.5, 0.6) is 5.75 Å². The van der Waals surface area contributed by atoms with Gasteiger partial charge < -0.3 is 14.5 Å². The van der Waals surface area contributed by atoms with Crippen molar-refractivity contribution in [3.05, 3.63) is 84.4 Å². The normalized spacial score (nSPS) is 14.5. The summed E-state index contributed by atoms with van der Waals surface area (Å²) in [7, 11) is 0. The van der Waals surface area contributed by atoms with Crippen LogP contribution in [-0.4, -0.2) is 42.8 Å².